The van der Waals surface area contributed by atoms with E-state index < -0.39 is 15.9 Å². The highest BCUT2D eigenvalue weighted by molar-refractivity contribution is 7.89. The number of nitrogens with one attached hydrogen (secondary N) is 1. The van der Waals surface area contributed by atoms with Gasteiger partial charge in [-0.2, -0.15) is 0 Å². The first-order valence-corrected chi connectivity index (χ1v) is 14.3. The van der Waals surface area contributed by atoms with Crippen LogP contribution in [0.3, 0.4) is 0 Å². The lowest BCUT2D eigenvalue weighted by Crippen LogP contribution is -2.41. The maximum Gasteiger partial charge on any atom is 0.262 e. The topological polar surface area (TPSA) is 107 Å². The summed E-state index contributed by atoms with van der Waals surface area (Å²) in [6.45, 7) is 2.88. The third-order valence-electron chi connectivity index (χ3n) is 6.56. The van der Waals surface area contributed by atoms with Gasteiger partial charge in [-0.1, -0.05) is 24.3 Å². The Balaban J connectivity index is 1.29. The highest BCUT2D eigenvalue weighted by Crippen LogP contribution is 2.32. The van der Waals surface area contributed by atoms with Gasteiger partial charge in [0.05, 0.1) is 30.4 Å². The number of benzene rings is 3. The maximum absolute atomic E-state index is 13.5. The van der Waals surface area contributed by atoms with Gasteiger partial charge >= 0.3 is 0 Å². The van der Waals surface area contributed by atoms with Crippen LogP contribution in [-0.2, 0) is 21.2 Å². The van der Waals surface area contributed by atoms with E-state index in [2.05, 4.69) is 4.90 Å². The summed E-state index contributed by atoms with van der Waals surface area (Å²) in [5.41, 5.74) is 3.50. The molecule has 202 valence electrons. The predicted octanol–water partition coefficient (Wildman–Crippen LogP) is 3.53. The number of hydrogen-bond acceptors (Lipinski definition) is 7. The first-order valence-electron chi connectivity index (χ1n) is 12.4. The molecule has 1 aromatic heterocycles. The number of likely N-dealkylation sites (N-methyl/N-ethyl adjacent to an activating group) is 1. The lowest BCUT2D eigenvalue weighted by atomic mass is 10.1. The number of ether oxygens (including phenoxy) is 2. The summed E-state index contributed by atoms with van der Waals surface area (Å²) in [5, 5.41) is 0.714. The van der Waals surface area contributed by atoms with Gasteiger partial charge in [0.2, 0.25) is 15.9 Å². The van der Waals surface area contributed by atoms with Crippen molar-refractivity contribution in [2.75, 3.05) is 31.4 Å². The minimum absolute atomic E-state index is 0.125. The lowest BCUT2D eigenvalue weighted by molar-refractivity contribution is -0.118. The van der Waals surface area contributed by atoms with Crippen LogP contribution in [0.5, 0.6) is 11.5 Å². The largest absolute Gasteiger partial charge is 0.490 e. The molecule has 0 bridgehead atoms. The van der Waals surface area contributed by atoms with Crippen LogP contribution in [0.2, 0.25) is 0 Å². The van der Waals surface area contributed by atoms with Crippen LogP contribution in [0.4, 0.5) is 5.69 Å². The number of fused-ring (bicyclic) bond motifs is 2. The minimum atomic E-state index is -3.66. The monoisotopic (exact) mass is 547 g/mol. The third-order valence-corrected chi connectivity index (χ3v) is 7.16. The summed E-state index contributed by atoms with van der Waals surface area (Å²) in [7, 11) is -1.63. The molecule has 4 aromatic rings. The zero-order valence-corrected chi connectivity index (χ0v) is 22.7. The fourth-order valence-corrected chi connectivity index (χ4v) is 5.34. The molecule has 1 atom stereocenters. The normalized spacial score (nSPS) is 14.9. The van der Waals surface area contributed by atoms with Crippen molar-refractivity contribution in [3.8, 4) is 11.5 Å². The van der Waals surface area contributed by atoms with Crippen molar-refractivity contribution in [3.63, 3.8) is 0 Å². The second-order valence-corrected chi connectivity index (χ2v) is 11.4. The summed E-state index contributed by atoms with van der Waals surface area (Å²) in [4.78, 5) is 27.8. The van der Waals surface area contributed by atoms with Crippen molar-refractivity contribution in [2.45, 2.75) is 19.4 Å². The first-order chi connectivity index (χ1) is 18.6. The van der Waals surface area contributed by atoms with Crippen molar-refractivity contribution in [2.24, 2.45) is 0 Å². The Bertz CT molecular complexity index is 1660. The Hall–Kier alpha value is -4.31. The van der Waals surface area contributed by atoms with E-state index in [1.54, 1.807) is 47.0 Å². The van der Waals surface area contributed by atoms with Gasteiger partial charge < -0.3 is 14.4 Å². The Morgan fingerprint density at radius 1 is 1.05 bits per heavy atom. The molecule has 1 amide bonds. The molecule has 0 fully saturated rings. The number of anilines is 1. The van der Waals surface area contributed by atoms with Crippen LogP contribution in [0.25, 0.3) is 10.9 Å². The van der Waals surface area contributed by atoms with Crippen LogP contribution in [0.15, 0.2) is 72.8 Å². The number of carbonyl (C=O) groups excluding carboxylic acids is 2. The molecule has 1 aliphatic rings. The average Bonchev–Trinajstić information content (AvgIpc) is 3.23. The molecule has 10 heteroatoms. The van der Waals surface area contributed by atoms with E-state index in [9.17, 15) is 18.0 Å². The van der Waals surface area contributed by atoms with Crippen molar-refractivity contribution < 1.29 is 27.5 Å². The second kappa shape index (κ2) is 10.5. The summed E-state index contributed by atoms with van der Waals surface area (Å²) >= 11 is 0. The van der Waals surface area contributed by atoms with Gasteiger partial charge in [0.25, 0.3) is 5.91 Å². The molecule has 1 N–H and O–H groups in total. The van der Waals surface area contributed by atoms with Crippen LogP contribution in [0.1, 0.15) is 21.6 Å². The molecule has 0 aliphatic carbocycles. The zero-order chi connectivity index (χ0) is 27.7. The maximum atomic E-state index is 13.5. The smallest absolute Gasteiger partial charge is 0.262 e. The highest BCUT2D eigenvalue weighted by Gasteiger charge is 2.24. The molecule has 2 heterocycles. The Kier molecular flexibility index (Phi) is 7.05. The van der Waals surface area contributed by atoms with Crippen LogP contribution < -0.4 is 19.1 Å². The number of amides is 1. The van der Waals surface area contributed by atoms with Gasteiger partial charge in [-0.3, -0.25) is 18.9 Å². The summed E-state index contributed by atoms with van der Waals surface area (Å²) in [6, 6.07) is 22.0. The van der Waals surface area contributed by atoms with Crippen LogP contribution >= 0.6 is 0 Å². The quantitative estimate of drug-likeness (QED) is 0.377. The van der Waals surface area contributed by atoms with Crippen LogP contribution in [-0.4, -0.2) is 57.4 Å². The molecule has 1 aliphatic heterocycles. The summed E-state index contributed by atoms with van der Waals surface area (Å²) < 4.78 is 38.4. The number of nitrogens with zero attached hydrogens (tertiary/aromatic N) is 2. The number of rotatable bonds is 7. The van der Waals surface area contributed by atoms with Gasteiger partial charge in [0, 0.05) is 23.7 Å². The second-order valence-electron chi connectivity index (χ2n) is 9.67. The van der Waals surface area contributed by atoms with E-state index in [-0.39, 0.29) is 18.4 Å². The van der Waals surface area contributed by atoms with E-state index in [0.29, 0.717) is 46.6 Å². The molecule has 39 heavy (non-hydrogen) atoms. The van der Waals surface area contributed by atoms with Crippen molar-refractivity contribution in [3.05, 3.63) is 89.6 Å². The van der Waals surface area contributed by atoms with E-state index in [1.165, 1.54) is 0 Å². The van der Waals surface area contributed by atoms with Gasteiger partial charge in [-0.25, -0.2) is 8.42 Å². The van der Waals surface area contributed by atoms with Gasteiger partial charge in [0.15, 0.2) is 0 Å². The van der Waals surface area contributed by atoms with Gasteiger partial charge in [0.1, 0.15) is 24.2 Å². The van der Waals surface area contributed by atoms with Crippen molar-refractivity contribution in [1.82, 2.24) is 9.29 Å². The molecule has 3 aromatic carbocycles. The minimum Gasteiger partial charge on any atom is -0.490 e. The van der Waals surface area contributed by atoms with Crippen molar-refractivity contribution in [1.29, 1.82) is 0 Å². The lowest BCUT2D eigenvalue weighted by Gasteiger charge is -2.33. The van der Waals surface area contributed by atoms with E-state index in [0.717, 1.165) is 17.7 Å². The molecule has 0 unspecified atom stereocenters. The third kappa shape index (κ3) is 5.75. The average molecular weight is 548 g/mol. The summed E-state index contributed by atoms with van der Waals surface area (Å²) in [6.07, 6.45) is 0.678. The number of sulfonamides is 1. The molecule has 0 radical (unpaired) electrons. The first kappa shape index (κ1) is 26.3. The zero-order valence-electron chi connectivity index (χ0n) is 21.9. The molecule has 0 spiro atoms. The predicted molar refractivity (Wildman–Crippen MR) is 149 cm³/mol. The Morgan fingerprint density at radius 3 is 2.54 bits per heavy atom. The number of aryl methyl sites for hydroxylation is 1. The fourth-order valence-electron chi connectivity index (χ4n) is 4.86. The fraction of sp³-hybridized carbons (Fsp3) is 0.241. The number of para-hydroxylation sites is 2. The number of hydrogen-bond donors (Lipinski definition) is 1. The van der Waals surface area contributed by atoms with Crippen LogP contribution in [0, 0.1) is 6.92 Å². The molecular formula is C29H29N3O6S. The molecule has 0 saturated heterocycles. The highest BCUT2D eigenvalue weighted by atomic mass is 32.2. The molecule has 0 saturated carbocycles. The number of aromatic nitrogens is 1. The molecule has 5 rings (SSSR count). The summed E-state index contributed by atoms with van der Waals surface area (Å²) in [5.74, 6) is 0.603. The Labute approximate surface area is 227 Å². The SMILES string of the molecule is Cc1cc2c(CC(=O)NS(C)(=O)=O)cccc2n1C(=O)c1ccc(OC[C@@H]2CN(C)c3ccccc3O2)cc1. The van der Waals surface area contributed by atoms with E-state index >= 15 is 0 Å². The molecular weight excluding hydrogens is 518 g/mol. The molecule has 9 nitrogen and oxygen atoms in total. The van der Waals surface area contributed by atoms with Gasteiger partial charge in [-0.15, -0.1) is 0 Å². The number of carbonyl (C=O) groups is 2. The van der Waals surface area contributed by atoms with Crippen molar-refractivity contribution >= 4 is 38.4 Å². The van der Waals surface area contributed by atoms with E-state index in [4.69, 9.17) is 9.47 Å². The van der Waals surface area contributed by atoms with E-state index in [1.807, 2.05) is 49.0 Å². The van der Waals surface area contributed by atoms with Gasteiger partial charge in [-0.05, 0) is 61.0 Å². The Morgan fingerprint density at radius 2 is 1.79 bits per heavy atom. The standard InChI is InChI=1S/C29H29N3O6S/c1-19-15-24-21(16-28(33)30-39(3,35)36)7-6-9-25(24)32(19)29(34)20-11-13-22(14-12-20)37-18-23-17-31(2)26-8-4-5-10-27(26)38-23/h4-15,23H,16-18H2,1-3H3,(H,30,33)/t23-/m0/s1.